The zero-order valence-electron chi connectivity index (χ0n) is 19.4. The normalized spacial score (nSPS) is 23.5. The van der Waals surface area contributed by atoms with Crippen molar-refractivity contribution in [2.45, 2.75) is 32.2 Å². The van der Waals surface area contributed by atoms with Crippen LogP contribution in [-0.2, 0) is 4.79 Å². The maximum Gasteiger partial charge on any atom is 0.321 e. The number of nitrogens with one attached hydrogen (secondary N) is 1. The molecule has 1 spiro atoms. The Hall–Kier alpha value is -3.68. The zero-order chi connectivity index (χ0) is 24.7. The smallest absolute Gasteiger partial charge is 0.321 e. The van der Waals surface area contributed by atoms with Crippen LogP contribution in [0.15, 0.2) is 72.2 Å². The van der Waals surface area contributed by atoms with Crippen LogP contribution in [-0.4, -0.2) is 39.9 Å². The van der Waals surface area contributed by atoms with E-state index in [0.29, 0.717) is 32.4 Å². The summed E-state index contributed by atoms with van der Waals surface area (Å²) in [5.74, 6) is -0.906. The van der Waals surface area contributed by atoms with Crippen molar-refractivity contribution in [3.63, 3.8) is 0 Å². The predicted molar refractivity (Wildman–Crippen MR) is 127 cm³/mol. The van der Waals surface area contributed by atoms with E-state index in [1.807, 2.05) is 12.1 Å². The maximum absolute atomic E-state index is 14.0. The summed E-state index contributed by atoms with van der Waals surface area (Å²) in [4.78, 5) is 29.8. The number of phenolic OH excluding ortho intramolecular Hbond substituents is 1. The van der Waals surface area contributed by atoms with Gasteiger partial charge in [0.25, 0.3) is 0 Å². The van der Waals surface area contributed by atoms with Crippen LogP contribution in [0.25, 0.3) is 0 Å². The fourth-order valence-corrected chi connectivity index (χ4v) is 5.43. The standard InChI is InChI=1S/C27H27F2N3O3/c1-17-16-19(8-11-21(17)28)32-24(18-6-9-20(33)10-7-18)27(25(32)34)12-14-31(15-13-27)26(35)30-23-5-3-2-4-22(23)29/h2-11,17,24,33H,12-16H2,1H3,(H,30,35). The molecule has 3 aliphatic rings. The molecule has 0 saturated carbocycles. The zero-order valence-corrected chi connectivity index (χ0v) is 19.4. The van der Waals surface area contributed by atoms with Crippen molar-refractivity contribution < 1.29 is 23.5 Å². The van der Waals surface area contributed by atoms with Gasteiger partial charge in [0.2, 0.25) is 5.91 Å². The Morgan fingerprint density at radius 2 is 1.74 bits per heavy atom. The lowest BCUT2D eigenvalue weighted by Gasteiger charge is -2.59. The summed E-state index contributed by atoms with van der Waals surface area (Å²) in [5, 5.41) is 12.4. The number of hydrogen-bond acceptors (Lipinski definition) is 3. The number of β-lactam (4-membered cyclic amide) rings is 1. The van der Waals surface area contributed by atoms with Crippen molar-refractivity contribution in [3.8, 4) is 5.75 Å². The van der Waals surface area contributed by atoms with Crippen molar-refractivity contribution in [2.75, 3.05) is 18.4 Å². The fourth-order valence-electron chi connectivity index (χ4n) is 5.43. The first-order chi connectivity index (χ1) is 16.8. The second-order valence-electron chi connectivity index (χ2n) is 9.54. The lowest BCUT2D eigenvalue weighted by Crippen LogP contribution is -2.66. The molecule has 2 fully saturated rings. The molecule has 2 aromatic rings. The molecule has 2 aliphatic heterocycles. The monoisotopic (exact) mass is 479 g/mol. The topological polar surface area (TPSA) is 72.9 Å². The molecule has 2 unspecified atom stereocenters. The van der Waals surface area contributed by atoms with Gasteiger partial charge in [-0.3, -0.25) is 4.79 Å². The number of anilines is 1. The van der Waals surface area contributed by atoms with Gasteiger partial charge in [-0.1, -0.05) is 31.2 Å². The number of rotatable bonds is 3. The Labute approximate surface area is 202 Å². The van der Waals surface area contributed by atoms with Crippen molar-refractivity contribution in [2.24, 2.45) is 11.3 Å². The molecule has 2 N–H and O–H groups in total. The van der Waals surface area contributed by atoms with Gasteiger partial charge >= 0.3 is 6.03 Å². The molecule has 5 rings (SSSR count). The van der Waals surface area contributed by atoms with E-state index in [1.165, 1.54) is 18.2 Å². The molecule has 6 nitrogen and oxygen atoms in total. The van der Waals surface area contributed by atoms with E-state index < -0.39 is 17.3 Å². The molecular formula is C27H27F2N3O3. The van der Waals surface area contributed by atoms with Crippen LogP contribution in [0.1, 0.15) is 37.8 Å². The number of allylic oxidation sites excluding steroid dienone is 4. The Morgan fingerprint density at radius 1 is 1.06 bits per heavy atom. The molecule has 2 saturated heterocycles. The summed E-state index contributed by atoms with van der Waals surface area (Å²) in [6.07, 6.45) is 4.42. The lowest BCUT2D eigenvalue weighted by molar-refractivity contribution is -0.174. The van der Waals surface area contributed by atoms with E-state index in [2.05, 4.69) is 5.32 Å². The highest BCUT2D eigenvalue weighted by Crippen LogP contribution is 2.58. The number of halogens is 2. The first-order valence-electron chi connectivity index (χ1n) is 11.8. The molecule has 3 amide bonds. The number of para-hydroxylation sites is 1. The summed E-state index contributed by atoms with van der Waals surface area (Å²) in [6.45, 7) is 2.48. The van der Waals surface area contributed by atoms with Crippen LogP contribution in [0.2, 0.25) is 0 Å². The molecule has 35 heavy (non-hydrogen) atoms. The number of carbonyl (C=O) groups is 2. The van der Waals surface area contributed by atoms with E-state index in [4.69, 9.17) is 0 Å². The quantitative estimate of drug-likeness (QED) is 0.571. The number of benzene rings is 2. The Balaban J connectivity index is 1.37. The van der Waals surface area contributed by atoms with Gasteiger partial charge in [0, 0.05) is 24.7 Å². The van der Waals surface area contributed by atoms with Gasteiger partial charge in [0.15, 0.2) is 0 Å². The molecular weight excluding hydrogens is 452 g/mol. The number of aromatic hydroxyl groups is 1. The van der Waals surface area contributed by atoms with Crippen LogP contribution in [0.4, 0.5) is 19.3 Å². The van der Waals surface area contributed by atoms with Gasteiger partial charge in [-0.2, -0.15) is 0 Å². The Bertz CT molecular complexity index is 1220. The van der Waals surface area contributed by atoms with E-state index in [1.54, 1.807) is 47.1 Å². The van der Waals surface area contributed by atoms with Crippen LogP contribution in [0, 0.1) is 17.2 Å². The number of carbonyl (C=O) groups excluding carboxylic acids is 2. The molecule has 2 aromatic carbocycles. The third-order valence-corrected chi connectivity index (χ3v) is 7.42. The molecule has 0 radical (unpaired) electrons. The molecule has 0 bridgehead atoms. The fraction of sp³-hybridized carbons (Fsp3) is 0.333. The highest BCUT2D eigenvalue weighted by molar-refractivity contribution is 5.94. The van der Waals surface area contributed by atoms with Gasteiger partial charge in [0.05, 0.1) is 17.1 Å². The van der Waals surface area contributed by atoms with Gasteiger partial charge in [-0.25, -0.2) is 13.6 Å². The number of amides is 3. The first-order valence-corrected chi connectivity index (χ1v) is 11.8. The van der Waals surface area contributed by atoms with E-state index in [0.717, 1.165) is 11.3 Å². The van der Waals surface area contributed by atoms with E-state index >= 15 is 0 Å². The van der Waals surface area contributed by atoms with Gasteiger partial charge in [0.1, 0.15) is 17.4 Å². The average molecular weight is 480 g/mol. The molecule has 182 valence electrons. The number of nitrogens with zero attached hydrogens (tertiary/aromatic N) is 2. The molecule has 0 aromatic heterocycles. The summed E-state index contributed by atoms with van der Waals surface area (Å²) in [7, 11) is 0. The summed E-state index contributed by atoms with van der Waals surface area (Å²) < 4.78 is 27.9. The van der Waals surface area contributed by atoms with Crippen LogP contribution in [0.3, 0.4) is 0 Å². The number of phenols is 1. The second-order valence-corrected chi connectivity index (χ2v) is 9.54. The van der Waals surface area contributed by atoms with Gasteiger partial charge in [-0.05, 0) is 61.2 Å². The Kier molecular flexibility index (Phi) is 5.83. The molecule has 2 atom stereocenters. The number of piperidine rings is 1. The van der Waals surface area contributed by atoms with Crippen molar-refractivity contribution >= 4 is 17.6 Å². The summed E-state index contributed by atoms with van der Waals surface area (Å²) in [6, 6.07) is 12.1. The van der Waals surface area contributed by atoms with Gasteiger partial charge in [-0.15, -0.1) is 0 Å². The van der Waals surface area contributed by atoms with Crippen LogP contribution >= 0.6 is 0 Å². The maximum atomic E-state index is 14.0. The second kappa shape index (κ2) is 8.83. The van der Waals surface area contributed by atoms with Crippen LogP contribution in [0.5, 0.6) is 5.75 Å². The number of urea groups is 1. The third kappa shape index (κ3) is 3.96. The first kappa shape index (κ1) is 23.1. The highest BCUT2D eigenvalue weighted by Gasteiger charge is 2.62. The van der Waals surface area contributed by atoms with Crippen LogP contribution < -0.4 is 5.32 Å². The van der Waals surface area contributed by atoms with Gasteiger partial charge < -0.3 is 20.2 Å². The van der Waals surface area contributed by atoms with E-state index in [-0.39, 0.29) is 35.1 Å². The SMILES string of the molecule is CC1CC(N2C(=O)C3(CCN(C(=O)Nc4ccccc4F)CC3)C2c2ccc(O)cc2)=CC=C1F. The van der Waals surface area contributed by atoms with Crippen molar-refractivity contribution in [1.29, 1.82) is 0 Å². The highest BCUT2D eigenvalue weighted by atomic mass is 19.1. The van der Waals surface area contributed by atoms with Crippen molar-refractivity contribution in [3.05, 3.63) is 83.6 Å². The number of likely N-dealkylation sites (tertiary alicyclic amines) is 2. The minimum absolute atomic E-state index is 0.0288. The summed E-state index contributed by atoms with van der Waals surface area (Å²) in [5.41, 5.74) is 1.07. The largest absolute Gasteiger partial charge is 0.508 e. The minimum atomic E-state index is -0.699. The van der Waals surface area contributed by atoms with E-state index in [9.17, 15) is 23.5 Å². The van der Waals surface area contributed by atoms with Crippen molar-refractivity contribution in [1.82, 2.24) is 9.80 Å². The molecule has 1 aliphatic carbocycles. The average Bonchev–Trinajstić information content (AvgIpc) is 2.86. The minimum Gasteiger partial charge on any atom is -0.508 e. The predicted octanol–water partition coefficient (Wildman–Crippen LogP) is 5.51. The lowest BCUT2D eigenvalue weighted by atomic mass is 9.61. The molecule has 2 heterocycles. The number of hydrogen-bond donors (Lipinski definition) is 2. The third-order valence-electron chi connectivity index (χ3n) is 7.42. The summed E-state index contributed by atoms with van der Waals surface area (Å²) >= 11 is 0. The Morgan fingerprint density at radius 3 is 2.40 bits per heavy atom. The molecule has 8 heteroatoms.